The minimum absolute atomic E-state index is 0.0614. The van der Waals surface area contributed by atoms with Crippen molar-refractivity contribution in [2.75, 3.05) is 13.1 Å². The van der Waals surface area contributed by atoms with Gasteiger partial charge in [-0.3, -0.25) is 14.9 Å². The van der Waals surface area contributed by atoms with Gasteiger partial charge in [0.25, 0.3) is 5.69 Å². The molecule has 0 spiro atoms. The van der Waals surface area contributed by atoms with E-state index < -0.39 is 4.92 Å². The third-order valence-electron chi connectivity index (χ3n) is 4.30. The Kier molecular flexibility index (Phi) is 6.01. The molecular weight excluding hydrogens is 314 g/mol. The van der Waals surface area contributed by atoms with Gasteiger partial charge in [-0.15, -0.1) is 11.8 Å². The van der Waals surface area contributed by atoms with E-state index in [1.165, 1.54) is 23.9 Å². The molecule has 1 amide bonds. The van der Waals surface area contributed by atoms with Crippen molar-refractivity contribution >= 4 is 23.4 Å². The zero-order valence-corrected chi connectivity index (χ0v) is 14.3. The van der Waals surface area contributed by atoms with Gasteiger partial charge in [-0.25, -0.2) is 0 Å². The molecule has 2 unspecified atom stereocenters. The molecule has 0 radical (unpaired) electrons. The van der Waals surface area contributed by atoms with Crippen LogP contribution in [0, 0.1) is 16.0 Å². The summed E-state index contributed by atoms with van der Waals surface area (Å²) in [5.41, 5.74) is 5.99. The van der Waals surface area contributed by atoms with Crippen molar-refractivity contribution in [3.05, 3.63) is 34.4 Å². The van der Waals surface area contributed by atoms with Crippen LogP contribution >= 0.6 is 11.8 Å². The number of rotatable bonds is 5. The Morgan fingerprint density at radius 1 is 1.30 bits per heavy atom. The van der Waals surface area contributed by atoms with Gasteiger partial charge in [0.1, 0.15) is 0 Å². The van der Waals surface area contributed by atoms with Crippen LogP contribution in [0.4, 0.5) is 5.69 Å². The topological polar surface area (TPSA) is 89.5 Å². The number of nitrogens with zero attached hydrogens (tertiary/aromatic N) is 2. The quantitative estimate of drug-likeness (QED) is 0.507. The second kappa shape index (κ2) is 7.79. The average molecular weight is 337 g/mol. The van der Waals surface area contributed by atoms with E-state index in [0.29, 0.717) is 5.92 Å². The van der Waals surface area contributed by atoms with Gasteiger partial charge >= 0.3 is 0 Å². The maximum atomic E-state index is 12.5. The number of hydrogen-bond donors (Lipinski definition) is 1. The summed E-state index contributed by atoms with van der Waals surface area (Å²) in [5, 5.41) is 10.4. The van der Waals surface area contributed by atoms with Crippen LogP contribution < -0.4 is 5.73 Å². The SMILES string of the molecule is CC(Sc1ccc([N+](=O)[O-])cc1)C(=O)N1CCC(C(C)N)CC1. The van der Waals surface area contributed by atoms with Crippen LogP contribution in [0.15, 0.2) is 29.2 Å². The van der Waals surface area contributed by atoms with Crippen molar-refractivity contribution in [3.8, 4) is 0 Å². The number of nitro groups is 1. The van der Waals surface area contributed by atoms with Crippen molar-refractivity contribution in [2.45, 2.75) is 42.9 Å². The first kappa shape index (κ1) is 17.7. The predicted octanol–water partition coefficient (Wildman–Crippen LogP) is 2.66. The summed E-state index contributed by atoms with van der Waals surface area (Å²) >= 11 is 1.43. The molecule has 126 valence electrons. The summed E-state index contributed by atoms with van der Waals surface area (Å²) in [4.78, 5) is 25.5. The molecule has 7 heteroatoms. The van der Waals surface area contributed by atoms with Crippen molar-refractivity contribution in [2.24, 2.45) is 11.7 Å². The van der Waals surface area contributed by atoms with Crippen LogP contribution in [0.1, 0.15) is 26.7 Å². The molecule has 1 aliphatic heterocycles. The molecule has 1 aromatic carbocycles. The van der Waals surface area contributed by atoms with Gasteiger partial charge in [-0.05, 0) is 44.7 Å². The van der Waals surface area contributed by atoms with E-state index in [1.54, 1.807) is 12.1 Å². The van der Waals surface area contributed by atoms with E-state index in [2.05, 4.69) is 0 Å². The Morgan fingerprint density at radius 2 is 1.87 bits per heavy atom. The molecule has 6 nitrogen and oxygen atoms in total. The van der Waals surface area contributed by atoms with Crippen LogP contribution in [0.5, 0.6) is 0 Å². The highest BCUT2D eigenvalue weighted by atomic mass is 32.2. The lowest BCUT2D eigenvalue weighted by Gasteiger charge is -2.35. The standard InChI is InChI=1S/C16H23N3O3S/c1-11(17)13-7-9-18(10-8-13)16(20)12(2)23-15-5-3-14(4-6-15)19(21)22/h3-6,11-13H,7-10,17H2,1-2H3. The number of carbonyl (C=O) groups excluding carboxylic acids is 1. The van der Waals surface area contributed by atoms with Crippen molar-refractivity contribution in [1.29, 1.82) is 0 Å². The molecule has 1 heterocycles. The minimum atomic E-state index is -0.425. The second-order valence-corrected chi connectivity index (χ2v) is 7.45. The molecule has 1 fully saturated rings. The molecule has 2 atom stereocenters. The first-order valence-corrected chi connectivity index (χ1v) is 8.72. The zero-order valence-electron chi connectivity index (χ0n) is 13.5. The fraction of sp³-hybridized carbons (Fsp3) is 0.562. The number of hydrogen-bond acceptors (Lipinski definition) is 5. The number of piperidine rings is 1. The van der Waals surface area contributed by atoms with Gasteiger partial charge in [-0.2, -0.15) is 0 Å². The fourth-order valence-electron chi connectivity index (χ4n) is 2.80. The van der Waals surface area contributed by atoms with Crippen LogP contribution in [-0.4, -0.2) is 40.1 Å². The van der Waals surface area contributed by atoms with Crippen molar-refractivity contribution in [1.82, 2.24) is 4.90 Å². The van der Waals surface area contributed by atoms with E-state index >= 15 is 0 Å². The molecule has 0 saturated carbocycles. The number of likely N-dealkylation sites (tertiary alicyclic amines) is 1. The highest BCUT2D eigenvalue weighted by molar-refractivity contribution is 8.00. The third-order valence-corrected chi connectivity index (χ3v) is 5.40. The average Bonchev–Trinajstić information content (AvgIpc) is 2.54. The Labute approximate surface area is 140 Å². The molecule has 1 saturated heterocycles. The van der Waals surface area contributed by atoms with E-state index in [1.807, 2.05) is 18.7 Å². The van der Waals surface area contributed by atoms with Gasteiger partial charge in [-0.1, -0.05) is 0 Å². The van der Waals surface area contributed by atoms with Crippen LogP contribution in [0.2, 0.25) is 0 Å². The molecule has 1 aromatic rings. The van der Waals surface area contributed by atoms with Crippen LogP contribution in [0.25, 0.3) is 0 Å². The van der Waals surface area contributed by atoms with E-state index in [0.717, 1.165) is 30.8 Å². The van der Waals surface area contributed by atoms with Crippen molar-refractivity contribution in [3.63, 3.8) is 0 Å². The number of nitro benzene ring substituents is 1. The predicted molar refractivity (Wildman–Crippen MR) is 91.4 cm³/mol. The molecule has 0 bridgehead atoms. The van der Waals surface area contributed by atoms with Gasteiger partial charge in [0.05, 0.1) is 10.2 Å². The second-order valence-electron chi connectivity index (χ2n) is 6.03. The first-order chi connectivity index (χ1) is 10.9. The molecule has 23 heavy (non-hydrogen) atoms. The highest BCUT2D eigenvalue weighted by Crippen LogP contribution is 2.28. The number of carbonyl (C=O) groups is 1. The Balaban J connectivity index is 1.89. The molecule has 1 aliphatic rings. The monoisotopic (exact) mass is 337 g/mol. The molecule has 2 rings (SSSR count). The third kappa shape index (κ3) is 4.68. The highest BCUT2D eigenvalue weighted by Gasteiger charge is 2.27. The lowest BCUT2D eigenvalue weighted by molar-refractivity contribution is -0.384. The Bertz CT molecular complexity index is 554. The number of non-ortho nitro benzene ring substituents is 1. The van der Waals surface area contributed by atoms with Crippen LogP contribution in [-0.2, 0) is 4.79 Å². The van der Waals surface area contributed by atoms with E-state index in [9.17, 15) is 14.9 Å². The summed E-state index contributed by atoms with van der Waals surface area (Å²) in [6.45, 7) is 5.42. The maximum absolute atomic E-state index is 12.5. The van der Waals surface area contributed by atoms with Gasteiger partial charge in [0.15, 0.2) is 0 Å². The van der Waals surface area contributed by atoms with Crippen molar-refractivity contribution < 1.29 is 9.72 Å². The normalized spacial score (nSPS) is 18.5. The summed E-state index contributed by atoms with van der Waals surface area (Å²) in [7, 11) is 0. The summed E-state index contributed by atoms with van der Waals surface area (Å²) in [5.74, 6) is 0.619. The van der Waals surface area contributed by atoms with Gasteiger partial charge in [0, 0.05) is 36.2 Å². The number of thioether (sulfide) groups is 1. The molecule has 0 aromatic heterocycles. The Hall–Kier alpha value is -1.60. The summed E-state index contributed by atoms with van der Waals surface area (Å²) in [6, 6.07) is 6.49. The van der Waals surface area contributed by atoms with Gasteiger partial charge < -0.3 is 10.6 Å². The number of amides is 1. The largest absolute Gasteiger partial charge is 0.342 e. The maximum Gasteiger partial charge on any atom is 0.269 e. The Morgan fingerprint density at radius 3 is 2.35 bits per heavy atom. The number of nitrogens with two attached hydrogens (primary N) is 1. The molecular formula is C16H23N3O3S. The van der Waals surface area contributed by atoms with Gasteiger partial charge in [0.2, 0.25) is 5.91 Å². The minimum Gasteiger partial charge on any atom is -0.342 e. The smallest absolute Gasteiger partial charge is 0.269 e. The zero-order chi connectivity index (χ0) is 17.0. The molecule has 0 aliphatic carbocycles. The van der Waals surface area contributed by atoms with Crippen LogP contribution in [0.3, 0.4) is 0 Å². The van der Waals surface area contributed by atoms with E-state index in [-0.39, 0.29) is 22.9 Å². The fourth-order valence-corrected chi connectivity index (χ4v) is 3.76. The lowest BCUT2D eigenvalue weighted by atomic mass is 9.91. The molecule has 2 N–H and O–H groups in total. The number of benzene rings is 1. The summed E-state index contributed by atoms with van der Waals surface area (Å²) in [6.07, 6.45) is 1.91. The first-order valence-electron chi connectivity index (χ1n) is 7.84. The van der Waals surface area contributed by atoms with E-state index in [4.69, 9.17) is 5.73 Å². The summed E-state index contributed by atoms with van der Waals surface area (Å²) < 4.78 is 0. The lowest BCUT2D eigenvalue weighted by Crippen LogP contribution is -2.45.